The minimum absolute atomic E-state index is 0.0131. The molecule has 1 amide bonds. The Bertz CT molecular complexity index is 615. The van der Waals surface area contributed by atoms with Gasteiger partial charge in [-0.2, -0.15) is 0 Å². The number of hydrogen-bond donors (Lipinski definition) is 1. The van der Waals surface area contributed by atoms with Crippen molar-refractivity contribution in [2.45, 2.75) is 18.9 Å². The lowest BCUT2D eigenvalue weighted by Crippen LogP contribution is -2.34. The van der Waals surface area contributed by atoms with Gasteiger partial charge in [-0.25, -0.2) is 4.79 Å². The number of rotatable bonds is 6. The monoisotopic (exact) mass is 342 g/mol. The van der Waals surface area contributed by atoms with Crippen LogP contribution in [0.1, 0.15) is 23.2 Å². The molecule has 1 N–H and O–H groups in total. The van der Waals surface area contributed by atoms with Crippen LogP contribution in [0, 0.1) is 10.1 Å². The lowest BCUT2D eigenvalue weighted by molar-refractivity contribution is -0.384. The standard InChI is InChI=1S/C14H15ClN2O6/c15-12-4-3-9(17(20)21)6-11(12)14(19)23-8-13(18)16-7-10-2-1-5-22-10/h3-4,6,10H,1-2,5,7-8H2,(H,16,18). The Kier molecular flexibility index (Phi) is 5.89. The lowest BCUT2D eigenvalue weighted by atomic mass is 10.2. The Morgan fingerprint density at radius 3 is 2.91 bits per heavy atom. The molecular formula is C14H15ClN2O6. The minimum atomic E-state index is -0.897. The second-order valence-corrected chi connectivity index (χ2v) is 5.34. The van der Waals surface area contributed by atoms with Crippen LogP contribution < -0.4 is 5.32 Å². The fourth-order valence-electron chi connectivity index (χ4n) is 2.08. The molecular weight excluding hydrogens is 328 g/mol. The number of non-ortho nitro benzene ring substituents is 1. The molecule has 0 spiro atoms. The Hall–Kier alpha value is -2.19. The van der Waals surface area contributed by atoms with Crippen LogP contribution >= 0.6 is 11.6 Å². The van der Waals surface area contributed by atoms with E-state index in [1.807, 2.05) is 0 Å². The number of esters is 1. The second-order valence-electron chi connectivity index (χ2n) is 4.94. The summed E-state index contributed by atoms with van der Waals surface area (Å²) in [7, 11) is 0. The van der Waals surface area contributed by atoms with Crippen molar-refractivity contribution in [3.8, 4) is 0 Å². The Labute approximate surface area is 136 Å². The van der Waals surface area contributed by atoms with Crippen LogP contribution in [0.4, 0.5) is 5.69 Å². The van der Waals surface area contributed by atoms with E-state index in [9.17, 15) is 19.7 Å². The molecule has 8 nitrogen and oxygen atoms in total. The number of nitro benzene ring substituents is 1. The van der Waals surface area contributed by atoms with E-state index in [0.29, 0.717) is 13.2 Å². The molecule has 1 unspecified atom stereocenters. The molecule has 0 bridgehead atoms. The predicted molar refractivity (Wildman–Crippen MR) is 80.4 cm³/mol. The third kappa shape index (κ3) is 4.90. The first-order chi connectivity index (χ1) is 11.0. The van der Waals surface area contributed by atoms with Crippen molar-refractivity contribution in [2.24, 2.45) is 0 Å². The molecule has 0 radical (unpaired) electrons. The molecule has 1 aromatic carbocycles. The van der Waals surface area contributed by atoms with E-state index >= 15 is 0 Å². The first-order valence-electron chi connectivity index (χ1n) is 6.96. The number of nitrogens with one attached hydrogen (secondary N) is 1. The minimum Gasteiger partial charge on any atom is -0.452 e. The van der Waals surface area contributed by atoms with Crippen molar-refractivity contribution in [1.82, 2.24) is 5.32 Å². The summed E-state index contributed by atoms with van der Waals surface area (Å²) in [4.78, 5) is 33.5. The van der Waals surface area contributed by atoms with Gasteiger partial charge in [-0.3, -0.25) is 14.9 Å². The number of carbonyl (C=O) groups is 2. The van der Waals surface area contributed by atoms with Gasteiger partial charge in [0.05, 0.1) is 21.6 Å². The molecule has 1 aliphatic heterocycles. The van der Waals surface area contributed by atoms with Crippen molar-refractivity contribution in [3.63, 3.8) is 0 Å². The van der Waals surface area contributed by atoms with Gasteiger partial charge in [0.25, 0.3) is 11.6 Å². The summed E-state index contributed by atoms with van der Waals surface area (Å²) in [6.07, 6.45) is 1.82. The highest BCUT2D eigenvalue weighted by Gasteiger charge is 2.19. The number of halogens is 1. The molecule has 0 saturated carbocycles. The first kappa shape index (κ1) is 17.2. The zero-order valence-corrected chi connectivity index (χ0v) is 12.9. The number of benzene rings is 1. The smallest absolute Gasteiger partial charge is 0.340 e. The summed E-state index contributed by atoms with van der Waals surface area (Å²) in [5.74, 6) is -1.37. The molecule has 2 rings (SSSR count). The van der Waals surface area contributed by atoms with Gasteiger partial charge < -0.3 is 14.8 Å². The second kappa shape index (κ2) is 7.89. The molecule has 1 saturated heterocycles. The van der Waals surface area contributed by atoms with E-state index < -0.39 is 23.4 Å². The van der Waals surface area contributed by atoms with E-state index in [1.54, 1.807) is 0 Å². The predicted octanol–water partition coefficient (Wildman–Crippen LogP) is 1.70. The molecule has 0 aliphatic carbocycles. The molecule has 9 heteroatoms. The van der Waals surface area contributed by atoms with E-state index in [0.717, 1.165) is 18.9 Å². The van der Waals surface area contributed by atoms with E-state index in [-0.39, 0.29) is 22.4 Å². The zero-order valence-electron chi connectivity index (χ0n) is 12.1. The van der Waals surface area contributed by atoms with E-state index in [4.69, 9.17) is 21.1 Å². The first-order valence-corrected chi connectivity index (χ1v) is 7.34. The number of amides is 1. The lowest BCUT2D eigenvalue weighted by Gasteiger charge is -2.11. The molecule has 1 atom stereocenters. The molecule has 23 heavy (non-hydrogen) atoms. The normalized spacial score (nSPS) is 16.8. The maximum absolute atomic E-state index is 11.9. The maximum Gasteiger partial charge on any atom is 0.340 e. The van der Waals surface area contributed by atoms with E-state index in [2.05, 4.69) is 5.32 Å². The van der Waals surface area contributed by atoms with Gasteiger partial charge in [-0.1, -0.05) is 11.6 Å². The zero-order chi connectivity index (χ0) is 16.8. The summed E-state index contributed by atoms with van der Waals surface area (Å²) >= 11 is 5.82. The van der Waals surface area contributed by atoms with Gasteiger partial charge in [0, 0.05) is 25.3 Å². The molecule has 124 valence electrons. The molecule has 1 aromatic rings. The van der Waals surface area contributed by atoms with Gasteiger partial charge in [-0.15, -0.1) is 0 Å². The molecule has 0 aromatic heterocycles. The molecule has 1 fully saturated rings. The average molecular weight is 343 g/mol. The van der Waals surface area contributed by atoms with Crippen LogP contribution in [-0.2, 0) is 14.3 Å². The summed E-state index contributed by atoms with van der Waals surface area (Å²) < 4.78 is 10.2. The third-order valence-electron chi connectivity index (χ3n) is 3.27. The van der Waals surface area contributed by atoms with Crippen molar-refractivity contribution in [2.75, 3.05) is 19.8 Å². The third-order valence-corrected chi connectivity index (χ3v) is 3.60. The van der Waals surface area contributed by atoms with Gasteiger partial charge in [0.1, 0.15) is 0 Å². The number of carbonyl (C=O) groups excluding carboxylic acids is 2. The SMILES string of the molecule is O=C(COC(=O)c1cc([N+](=O)[O-])ccc1Cl)NCC1CCCO1. The van der Waals surface area contributed by atoms with Gasteiger partial charge in [0.15, 0.2) is 6.61 Å². The van der Waals surface area contributed by atoms with Gasteiger partial charge in [-0.05, 0) is 18.9 Å². The largest absolute Gasteiger partial charge is 0.452 e. The summed E-state index contributed by atoms with van der Waals surface area (Å²) in [6, 6.07) is 3.41. The van der Waals surface area contributed by atoms with Crippen molar-refractivity contribution >= 4 is 29.2 Å². The Balaban J connectivity index is 1.85. The highest BCUT2D eigenvalue weighted by Crippen LogP contribution is 2.22. The van der Waals surface area contributed by atoms with Crippen LogP contribution in [0.3, 0.4) is 0 Å². The number of nitro groups is 1. The van der Waals surface area contributed by atoms with Crippen LogP contribution in [0.2, 0.25) is 5.02 Å². The van der Waals surface area contributed by atoms with Crippen molar-refractivity contribution in [1.29, 1.82) is 0 Å². The highest BCUT2D eigenvalue weighted by molar-refractivity contribution is 6.33. The number of ether oxygens (including phenoxy) is 2. The topological polar surface area (TPSA) is 108 Å². The van der Waals surface area contributed by atoms with Crippen LogP contribution in [0.15, 0.2) is 18.2 Å². The summed E-state index contributed by atoms with van der Waals surface area (Å²) in [5.41, 5.74) is -0.447. The number of nitrogens with zero attached hydrogens (tertiary/aromatic N) is 1. The highest BCUT2D eigenvalue weighted by atomic mass is 35.5. The molecule has 1 heterocycles. The average Bonchev–Trinajstić information content (AvgIpc) is 3.04. The fourth-order valence-corrected chi connectivity index (χ4v) is 2.27. The van der Waals surface area contributed by atoms with Crippen LogP contribution in [0.25, 0.3) is 0 Å². The Morgan fingerprint density at radius 1 is 1.48 bits per heavy atom. The molecule has 1 aliphatic rings. The van der Waals surface area contributed by atoms with Gasteiger partial charge in [0.2, 0.25) is 0 Å². The Morgan fingerprint density at radius 2 is 2.26 bits per heavy atom. The summed E-state index contributed by atoms with van der Waals surface area (Å²) in [6.45, 7) is 0.541. The van der Waals surface area contributed by atoms with Crippen molar-refractivity contribution < 1.29 is 24.0 Å². The van der Waals surface area contributed by atoms with E-state index in [1.165, 1.54) is 12.1 Å². The van der Waals surface area contributed by atoms with Crippen LogP contribution in [0.5, 0.6) is 0 Å². The summed E-state index contributed by atoms with van der Waals surface area (Å²) in [5, 5.41) is 13.3. The number of hydrogen-bond acceptors (Lipinski definition) is 6. The van der Waals surface area contributed by atoms with Gasteiger partial charge >= 0.3 is 5.97 Å². The quantitative estimate of drug-likeness (QED) is 0.479. The van der Waals surface area contributed by atoms with Crippen molar-refractivity contribution in [3.05, 3.63) is 38.9 Å². The fraction of sp³-hybridized carbons (Fsp3) is 0.429. The maximum atomic E-state index is 11.9. The van der Waals surface area contributed by atoms with Crippen LogP contribution in [-0.4, -0.2) is 42.7 Å².